The van der Waals surface area contributed by atoms with Crippen LogP contribution in [0.1, 0.15) is 22.3 Å². The minimum atomic E-state index is -2.18. The summed E-state index contributed by atoms with van der Waals surface area (Å²) >= 11 is 6.67. The van der Waals surface area contributed by atoms with Crippen LogP contribution in [0.5, 0.6) is 0 Å². The summed E-state index contributed by atoms with van der Waals surface area (Å²) in [6, 6.07) is 39.2. The molecule has 1 aliphatic heterocycles. The van der Waals surface area contributed by atoms with Crippen molar-refractivity contribution in [3.05, 3.63) is 144 Å². The van der Waals surface area contributed by atoms with Crippen molar-refractivity contribution in [3.63, 3.8) is 0 Å². The van der Waals surface area contributed by atoms with Crippen LogP contribution in [0.15, 0.2) is 121 Å². The van der Waals surface area contributed by atoms with Crippen LogP contribution in [0.2, 0.25) is 0 Å². The van der Waals surface area contributed by atoms with Crippen LogP contribution in [0.3, 0.4) is 0 Å². The summed E-state index contributed by atoms with van der Waals surface area (Å²) in [5.41, 5.74) is 3.91. The monoisotopic (exact) mass is 574 g/mol. The first-order valence-corrected chi connectivity index (χ1v) is 14.1. The third-order valence-corrected chi connectivity index (χ3v) is 7.20. The smallest absolute Gasteiger partial charge is 0.276 e. The van der Waals surface area contributed by atoms with Gasteiger partial charge in [0.2, 0.25) is 0 Å². The average molecular weight is 575 g/mol. The van der Waals surface area contributed by atoms with Crippen LogP contribution >= 0.6 is 11.6 Å². The molecule has 0 unspecified atom stereocenters. The molecular weight excluding hydrogens is 540 g/mol. The van der Waals surface area contributed by atoms with Crippen molar-refractivity contribution >= 4 is 11.6 Å². The van der Waals surface area contributed by atoms with Gasteiger partial charge in [0.05, 0.1) is 33.0 Å². The van der Waals surface area contributed by atoms with E-state index in [-0.39, 0.29) is 19.8 Å². The molecule has 1 aliphatic rings. The largest absolute Gasteiger partial charge is 0.374 e. The number of ether oxygens (including phenoxy) is 5. The van der Waals surface area contributed by atoms with Gasteiger partial charge in [-0.1, -0.05) is 133 Å². The molecule has 0 aliphatic carbocycles. The lowest BCUT2D eigenvalue weighted by atomic mass is 9.97. The first kappa shape index (κ1) is 29.4. The Hall–Kier alpha value is -3.07. The second-order valence-corrected chi connectivity index (χ2v) is 10.5. The van der Waals surface area contributed by atoms with E-state index in [0.717, 1.165) is 22.3 Å². The molecule has 214 valence electrons. The molecule has 1 N–H and O–H groups in total. The SMILES string of the molecule is O[C@@]1(Cl)O[C@H](COCc2ccccc2)[C@@H](OCc2ccccc2)[C@H](OCc2ccccc2)[C@@H]1OCc1ccccc1. The molecule has 5 atom stereocenters. The summed E-state index contributed by atoms with van der Waals surface area (Å²) in [7, 11) is 0. The fraction of sp³-hybridized carbons (Fsp3) is 0.294. The van der Waals surface area contributed by atoms with E-state index >= 15 is 0 Å². The first-order valence-electron chi connectivity index (χ1n) is 13.8. The predicted octanol–water partition coefficient (Wildman–Crippen LogP) is 6.24. The molecule has 1 heterocycles. The van der Waals surface area contributed by atoms with Crippen molar-refractivity contribution in [1.29, 1.82) is 0 Å². The van der Waals surface area contributed by atoms with E-state index in [0.29, 0.717) is 13.2 Å². The van der Waals surface area contributed by atoms with Gasteiger partial charge in [-0.25, -0.2) is 0 Å². The van der Waals surface area contributed by atoms with Crippen molar-refractivity contribution in [2.75, 3.05) is 6.61 Å². The van der Waals surface area contributed by atoms with Crippen LogP contribution in [0.4, 0.5) is 0 Å². The maximum atomic E-state index is 11.4. The van der Waals surface area contributed by atoms with Crippen molar-refractivity contribution in [2.24, 2.45) is 0 Å². The van der Waals surface area contributed by atoms with Gasteiger partial charge in [-0.05, 0) is 22.3 Å². The predicted molar refractivity (Wildman–Crippen MR) is 157 cm³/mol. The highest BCUT2D eigenvalue weighted by molar-refractivity contribution is 6.22. The molecule has 4 aromatic rings. The van der Waals surface area contributed by atoms with Gasteiger partial charge in [-0.3, -0.25) is 0 Å². The van der Waals surface area contributed by atoms with Crippen molar-refractivity contribution < 1.29 is 28.8 Å². The maximum Gasteiger partial charge on any atom is 0.276 e. The van der Waals surface area contributed by atoms with E-state index in [1.165, 1.54) is 0 Å². The molecule has 7 heteroatoms. The zero-order valence-electron chi connectivity index (χ0n) is 22.8. The fourth-order valence-electron chi connectivity index (χ4n) is 4.80. The topological polar surface area (TPSA) is 66.4 Å². The van der Waals surface area contributed by atoms with Gasteiger partial charge in [0, 0.05) is 0 Å². The second kappa shape index (κ2) is 14.7. The summed E-state index contributed by atoms with van der Waals surface area (Å²) in [5, 5.41) is 9.22. The normalized spacial score (nSPS) is 24.2. The summed E-state index contributed by atoms with van der Waals surface area (Å²) in [5.74, 6) is 0. The Kier molecular flexibility index (Phi) is 10.6. The maximum absolute atomic E-state index is 11.4. The van der Waals surface area contributed by atoms with Gasteiger partial charge >= 0.3 is 0 Å². The van der Waals surface area contributed by atoms with Crippen LogP contribution in [-0.4, -0.2) is 41.4 Å². The summed E-state index contributed by atoms with van der Waals surface area (Å²) < 4.78 is 31.3. The number of aliphatic hydroxyl groups is 1. The molecule has 0 bridgehead atoms. The average Bonchev–Trinajstić information content (AvgIpc) is 3.01. The van der Waals surface area contributed by atoms with Gasteiger partial charge in [0.1, 0.15) is 18.3 Å². The van der Waals surface area contributed by atoms with Crippen LogP contribution in [-0.2, 0) is 50.1 Å². The number of alkyl halides is 1. The standard InChI is InChI=1S/C34H35ClO6/c35-34(36)33(40-24-29-19-11-4-12-20-29)32(39-23-28-17-9-3-10-18-28)31(38-22-27-15-7-2-8-16-27)30(41-34)25-37-21-26-13-5-1-6-14-26/h1-20,30-33,36H,21-25H2/t30-,31-,32+,33+,34-/m1/s1. The van der Waals surface area contributed by atoms with Gasteiger partial charge in [-0.15, -0.1) is 0 Å². The lowest BCUT2D eigenvalue weighted by molar-refractivity contribution is -0.337. The summed E-state index contributed by atoms with van der Waals surface area (Å²) in [6.07, 6.45) is -3.22. The first-order chi connectivity index (χ1) is 20.1. The van der Waals surface area contributed by atoms with Crippen LogP contribution in [0, 0.1) is 0 Å². The third kappa shape index (κ3) is 8.47. The Labute approximate surface area is 246 Å². The molecule has 5 rings (SSSR count). The molecule has 4 aromatic carbocycles. The zero-order chi connectivity index (χ0) is 28.3. The van der Waals surface area contributed by atoms with Crippen molar-refractivity contribution in [1.82, 2.24) is 0 Å². The van der Waals surface area contributed by atoms with Crippen LogP contribution < -0.4 is 0 Å². The highest BCUT2D eigenvalue weighted by Gasteiger charge is 2.55. The molecular formula is C34H35ClO6. The van der Waals surface area contributed by atoms with E-state index in [2.05, 4.69) is 0 Å². The van der Waals surface area contributed by atoms with E-state index in [9.17, 15) is 5.11 Å². The Bertz CT molecular complexity index is 1290. The number of hydrogen-bond acceptors (Lipinski definition) is 6. The van der Waals surface area contributed by atoms with E-state index in [1.807, 2.05) is 121 Å². The molecule has 0 spiro atoms. The van der Waals surface area contributed by atoms with Gasteiger partial charge in [-0.2, -0.15) is 0 Å². The van der Waals surface area contributed by atoms with Crippen LogP contribution in [0.25, 0.3) is 0 Å². The molecule has 0 amide bonds. The number of halogens is 1. The van der Waals surface area contributed by atoms with Gasteiger partial charge in [0.15, 0.2) is 6.10 Å². The molecule has 0 saturated carbocycles. The summed E-state index contributed by atoms with van der Waals surface area (Å²) in [6.45, 7) is 1.28. The Morgan fingerprint density at radius 3 is 1.41 bits per heavy atom. The zero-order valence-corrected chi connectivity index (χ0v) is 23.5. The minimum Gasteiger partial charge on any atom is -0.374 e. The highest BCUT2D eigenvalue weighted by Crippen LogP contribution is 2.38. The number of hydrogen-bond donors (Lipinski definition) is 1. The van der Waals surface area contributed by atoms with Crippen molar-refractivity contribution in [3.8, 4) is 0 Å². The molecule has 0 aromatic heterocycles. The second-order valence-electron chi connectivity index (χ2n) is 10.0. The molecule has 1 saturated heterocycles. The lowest BCUT2D eigenvalue weighted by Gasteiger charge is -2.47. The van der Waals surface area contributed by atoms with Crippen molar-refractivity contribution in [2.45, 2.75) is 56.1 Å². The summed E-state index contributed by atoms with van der Waals surface area (Å²) in [4.78, 5) is 0. The third-order valence-electron chi connectivity index (χ3n) is 6.89. The fourth-order valence-corrected chi connectivity index (χ4v) is 5.11. The Balaban J connectivity index is 1.39. The molecule has 6 nitrogen and oxygen atoms in total. The Morgan fingerprint density at radius 2 is 0.951 bits per heavy atom. The lowest BCUT2D eigenvalue weighted by Crippen LogP contribution is -2.65. The number of benzene rings is 4. The number of rotatable bonds is 13. The van der Waals surface area contributed by atoms with E-state index in [1.54, 1.807) is 0 Å². The highest BCUT2D eigenvalue weighted by atomic mass is 35.5. The molecule has 0 radical (unpaired) electrons. The minimum absolute atomic E-state index is 0.125. The van der Waals surface area contributed by atoms with E-state index < -0.39 is 29.7 Å². The van der Waals surface area contributed by atoms with Gasteiger partial charge < -0.3 is 28.8 Å². The van der Waals surface area contributed by atoms with E-state index in [4.69, 9.17) is 35.3 Å². The van der Waals surface area contributed by atoms with Gasteiger partial charge in [0.25, 0.3) is 5.25 Å². The molecule has 1 fully saturated rings. The molecule has 41 heavy (non-hydrogen) atoms. The Morgan fingerprint density at radius 1 is 0.561 bits per heavy atom. The quantitative estimate of drug-likeness (QED) is 0.191.